The van der Waals surface area contributed by atoms with Gasteiger partial charge in [0.25, 0.3) is 0 Å². The summed E-state index contributed by atoms with van der Waals surface area (Å²) in [6, 6.07) is 0. The van der Waals surface area contributed by atoms with Gasteiger partial charge in [-0.15, -0.1) is 0 Å². The second kappa shape index (κ2) is 17.7. The highest BCUT2D eigenvalue weighted by molar-refractivity contribution is 7.81. The minimum Gasteiger partial charge on any atom is -0.173 e. The van der Waals surface area contributed by atoms with Crippen molar-refractivity contribution in [2.75, 3.05) is 0 Å². The summed E-state index contributed by atoms with van der Waals surface area (Å²) in [4.78, 5) is 0. The molecule has 0 radical (unpaired) electrons. The Labute approximate surface area is 166 Å². The van der Waals surface area contributed by atoms with Gasteiger partial charge in [-0.05, 0) is 18.8 Å². The largest absolute Gasteiger partial charge is 0.173 e. The molecule has 0 aromatic heterocycles. The molecule has 0 nitrogen and oxygen atoms in total. The molecule has 152 valence electrons. The fourth-order valence-electron chi connectivity index (χ4n) is 3.90. The van der Waals surface area contributed by atoms with Crippen molar-refractivity contribution in [3.8, 4) is 0 Å². The van der Waals surface area contributed by atoms with Gasteiger partial charge >= 0.3 is 0 Å². The molecular weight excluding hydrogens is 320 g/mol. The van der Waals surface area contributed by atoms with Gasteiger partial charge in [-0.2, -0.15) is 12.6 Å². The van der Waals surface area contributed by atoms with E-state index in [1.807, 2.05) is 0 Å². The predicted molar refractivity (Wildman–Crippen MR) is 121 cm³/mol. The summed E-state index contributed by atoms with van der Waals surface area (Å²) in [5, 5.41) is 0. The molecule has 0 rings (SSSR count). The van der Waals surface area contributed by atoms with Crippen molar-refractivity contribution in [2.24, 2.45) is 5.92 Å². The first-order valence-electron chi connectivity index (χ1n) is 11.7. The van der Waals surface area contributed by atoms with Crippen LogP contribution in [0.1, 0.15) is 143 Å². The van der Waals surface area contributed by atoms with Gasteiger partial charge in [-0.3, -0.25) is 0 Å². The smallest absolute Gasteiger partial charge is 0.0101 e. The summed E-state index contributed by atoms with van der Waals surface area (Å²) in [6.07, 6.45) is 25.6. The molecule has 0 fully saturated rings. The van der Waals surface area contributed by atoms with E-state index in [1.54, 1.807) is 0 Å². The quantitative estimate of drug-likeness (QED) is 0.170. The third kappa shape index (κ3) is 17.5. The van der Waals surface area contributed by atoms with Crippen molar-refractivity contribution in [3.63, 3.8) is 0 Å². The van der Waals surface area contributed by atoms with Gasteiger partial charge in [-0.1, -0.05) is 130 Å². The molecule has 0 saturated carbocycles. The summed E-state index contributed by atoms with van der Waals surface area (Å²) >= 11 is 4.91. The summed E-state index contributed by atoms with van der Waals surface area (Å²) in [5.74, 6) is 0.802. The van der Waals surface area contributed by atoms with Crippen molar-refractivity contribution < 1.29 is 0 Å². The van der Waals surface area contributed by atoms with Crippen LogP contribution in [-0.2, 0) is 0 Å². The van der Waals surface area contributed by atoms with Gasteiger partial charge in [0.2, 0.25) is 0 Å². The van der Waals surface area contributed by atoms with Crippen LogP contribution in [0.4, 0.5) is 0 Å². The van der Waals surface area contributed by atoms with Crippen molar-refractivity contribution in [3.05, 3.63) is 0 Å². The second-order valence-electron chi connectivity index (χ2n) is 8.88. The fraction of sp³-hybridized carbons (Fsp3) is 1.00. The number of rotatable bonds is 19. The lowest BCUT2D eigenvalue weighted by Gasteiger charge is -2.30. The van der Waals surface area contributed by atoms with Crippen molar-refractivity contribution >= 4 is 12.6 Å². The van der Waals surface area contributed by atoms with Crippen LogP contribution in [0.5, 0.6) is 0 Å². The van der Waals surface area contributed by atoms with E-state index < -0.39 is 0 Å². The molecule has 1 atom stereocenters. The number of thiol groups is 1. The summed E-state index contributed by atoms with van der Waals surface area (Å²) < 4.78 is 0.197. The zero-order chi connectivity index (χ0) is 18.8. The standard InChI is InChI=1S/C24H50S/c1-5-7-9-11-13-14-15-16-18-20-22-23(24(3,4)25)21-19-17-12-10-8-6-2/h23,25H,5-22H2,1-4H3. The Morgan fingerprint density at radius 3 is 1.08 bits per heavy atom. The Morgan fingerprint density at radius 1 is 0.520 bits per heavy atom. The van der Waals surface area contributed by atoms with Crippen LogP contribution in [0.2, 0.25) is 0 Å². The number of hydrogen-bond acceptors (Lipinski definition) is 1. The van der Waals surface area contributed by atoms with Crippen LogP contribution in [-0.4, -0.2) is 4.75 Å². The Morgan fingerprint density at radius 2 is 0.800 bits per heavy atom. The first-order valence-corrected chi connectivity index (χ1v) is 12.2. The van der Waals surface area contributed by atoms with E-state index in [0.717, 1.165) is 5.92 Å². The summed E-state index contributed by atoms with van der Waals surface area (Å²) in [7, 11) is 0. The topological polar surface area (TPSA) is 0 Å². The van der Waals surface area contributed by atoms with Gasteiger partial charge in [0.15, 0.2) is 0 Å². The third-order valence-electron chi connectivity index (χ3n) is 5.81. The zero-order valence-electron chi connectivity index (χ0n) is 18.3. The molecule has 0 heterocycles. The summed E-state index contributed by atoms with van der Waals surface area (Å²) in [6.45, 7) is 9.25. The molecule has 1 heteroatoms. The van der Waals surface area contributed by atoms with Crippen LogP contribution in [0.15, 0.2) is 0 Å². The molecule has 0 aliphatic rings. The van der Waals surface area contributed by atoms with Crippen molar-refractivity contribution in [1.29, 1.82) is 0 Å². The minimum atomic E-state index is 0.197. The average molecular weight is 371 g/mol. The highest BCUT2D eigenvalue weighted by Crippen LogP contribution is 2.33. The lowest BCUT2D eigenvalue weighted by atomic mass is 9.85. The number of unbranched alkanes of at least 4 members (excludes halogenated alkanes) is 14. The Bertz CT molecular complexity index is 253. The molecule has 0 aromatic rings. The lowest BCUT2D eigenvalue weighted by Crippen LogP contribution is -2.24. The summed E-state index contributed by atoms with van der Waals surface area (Å²) in [5.41, 5.74) is 0. The van der Waals surface area contributed by atoms with E-state index in [4.69, 9.17) is 12.6 Å². The highest BCUT2D eigenvalue weighted by Gasteiger charge is 2.24. The maximum Gasteiger partial charge on any atom is 0.0101 e. The third-order valence-corrected chi connectivity index (χ3v) is 6.18. The molecule has 0 bridgehead atoms. The molecular formula is C24H50S. The van der Waals surface area contributed by atoms with E-state index in [-0.39, 0.29) is 4.75 Å². The Balaban J connectivity index is 3.63. The normalized spacial score (nSPS) is 13.3. The van der Waals surface area contributed by atoms with E-state index in [0.29, 0.717) is 0 Å². The van der Waals surface area contributed by atoms with E-state index in [1.165, 1.54) is 116 Å². The molecule has 0 spiro atoms. The molecule has 1 unspecified atom stereocenters. The van der Waals surface area contributed by atoms with Crippen LogP contribution >= 0.6 is 12.6 Å². The SMILES string of the molecule is CCCCCCCCCCCCC(CCCCCCCC)C(C)(C)S. The first-order chi connectivity index (χ1) is 12.0. The van der Waals surface area contributed by atoms with Gasteiger partial charge in [0.1, 0.15) is 0 Å². The molecule has 0 aliphatic carbocycles. The Hall–Kier alpha value is 0.350. The molecule has 0 amide bonds. The molecule has 25 heavy (non-hydrogen) atoms. The molecule has 0 N–H and O–H groups in total. The highest BCUT2D eigenvalue weighted by atomic mass is 32.1. The zero-order valence-corrected chi connectivity index (χ0v) is 19.1. The Kier molecular flexibility index (Phi) is 18.0. The van der Waals surface area contributed by atoms with Crippen LogP contribution in [0.25, 0.3) is 0 Å². The lowest BCUT2D eigenvalue weighted by molar-refractivity contribution is 0.342. The maximum atomic E-state index is 4.91. The van der Waals surface area contributed by atoms with Gasteiger partial charge in [0, 0.05) is 4.75 Å². The number of hydrogen-bond donors (Lipinski definition) is 1. The van der Waals surface area contributed by atoms with E-state index in [2.05, 4.69) is 27.7 Å². The average Bonchev–Trinajstić information content (AvgIpc) is 2.56. The minimum absolute atomic E-state index is 0.197. The monoisotopic (exact) mass is 370 g/mol. The molecule has 0 saturated heterocycles. The van der Waals surface area contributed by atoms with E-state index >= 15 is 0 Å². The van der Waals surface area contributed by atoms with E-state index in [9.17, 15) is 0 Å². The second-order valence-corrected chi connectivity index (χ2v) is 10.0. The maximum absolute atomic E-state index is 4.91. The first kappa shape index (κ1) is 25.4. The van der Waals surface area contributed by atoms with Gasteiger partial charge in [0.05, 0.1) is 0 Å². The van der Waals surface area contributed by atoms with Crippen LogP contribution in [0.3, 0.4) is 0 Å². The van der Waals surface area contributed by atoms with Gasteiger partial charge < -0.3 is 0 Å². The molecule has 0 aliphatic heterocycles. The molecule has 0 aromatic carbocycles. The van der Waals surface area contributed by atoms with Crippen LogP contribution < -0.4 is 0 Å². The van der Waals surface area contributed by atoms with Crippen LogP contribution in [0, 0.1) is 5.92 Å². The fourth-order valence-corrected chi connectivity index (χ4v) is 4.16. The van der Waals surface area contributed by atoms with Gasteiger partial charge in [-0.25, -0.2) is 0 Å². The van der Waals surface area contributed by atoms with Crippen molar-refractivity contribution in [1.82, 2.24) is 0 Å². The predicted octanol–water partition coefficient (Wildman–Crippen LogP) is 9.37. The van der Waals surface area contributed by atoms with Crippen molar-refractivity contribution in [2.45, 2.75) is 148 Å².